The molecule has 0 spiro atoms. The van der Waals surface area contributed by atoms with Gasteiger partial charge in [-0.25, -0.2) is 9.59 Å². The topological polar surface area (TPSA) is 160 Å². The van der Waals surface area contributed by atoms with Crippen molar-refractivity contribution in [1.82, 2.24) is 19.6 Å². The van der Waals surface area contributed by atoms with Gasteiger partial charge in [-0.2, -0.15) is 0 Å². The van der Waals surface area contributed by atoms with Gasteiger partial charge >= 0.3 is 18.2 Å². The van der Waals surface area contributed by atoms with Crippen molar-refractivity contribution < 1.29 is 47.8 Å². The van der Waals surface area contributed by atoms with Gasteiger partial charge in [0.2, 0.25) is 11.8 Å². The predicted octanol–water partition coefficient (Wildman–Crippen LogP) is 3.36. The summed E-state index contributed by atoms with van der Waals surface area (Å²) in [6, 6.07) is 19.1. The van der Waals surface area contributed by atoms with E-state index in [0.717, 1.165) is 24.0 Å². The van der Waals surface area contributed by atoms with Gasteiger partial charge in [-0.1, -0.05) is 60.7 Å². The molecule has 4 aliphatic rings. The Bertz CT molecular complexity index is 1580. The van der Waals surface area contributed by atoms with Gasteiger partial charge in [0, 0.05) is 64.2 Å². The summed E-state index contributed by atoms with van der Waals surface area (Å²) in [6.45, 7) is 3.37. The van der Waals surface area contributed by atoms with Gasteiger partial charge in [0.15, 0.2) is 11.7 Å². The number of rotatable bonds is 7. The van der Waals surface area contributed by atoms with E-state index in [2.05, 4.69) is 4.74 Å². The van der Waals surface area contributed by atoms with E-state index < -0.39 is 23.6 Å². The molecule has 1 atom stereocenters. The molecule has 52 heavy (non-hydrogen) atoms. The number of benzene rings is 2. The average Bonchev–Trinajstić information content (AvgIpc) is 3.17. The first kappa shape index (κ1) is 38.0. The maximum Gasteiger partial charge on any atom is 0.410 e. The second-order valence-electron chi connectivity index (χ2n) is 13.3. The van der Waals surface area contributed by atoms with E-state index in [-0.39, 0.29) is 62.0 Å². The first-order valence-electron chi connectivity index (χ1n) is 17.8. The lowest BCUT2D eigenvalue weighted by molar-refractivity contribution is -0.161. The van der Waals surface area contributed by atoms with E-state index in [1.54, 1.807) is 14.7 Å². The number of carbonyl (C=O) groups is 7. The summed E-state index contributed by atoms with van der Waals surface area (Å²) in [5.41, 5.74) is 1.88. The minimum Gasteiger partial charge on any atom is -0.468 e. The van der Waals surface area contributed by atoms with E-state index in [4.69, 9.17) is 9.47 Å². The minimum atomic E-state index is -1.35. The quantitative estimate of drug-likeness (QED) is 0.236. The number of esters is 1. The van der Waals surface area contributed by atoms with Crippen molar-refractivity contribution in [2.75, 3.05) is 46.4 Å². The Balaban J connectivity index is 0.000000203. The minimum absolute atomic E-state index is 0.0261. The summed E-state index contributed by atoms with van der Waals surface area (Å²) >= 11 is 0. The van der Waals surface area contributed by atoms with E-state index in [0.29, 0.717) is 58.5 Å². The van der Waals surface area contributed by atoms with Crippen LogP contribution in [0.3, 0.4) is 0 Å². The van der Waals surface area contributed by atoms with Gasteiger partial charge in [0.25, 0.3) is 0 Å². The number of hydrogen-bond donors (Lipinski definition) is 0. The highest BCUT2D eigenvalue weighted by molar-refractivity contribution is 6.17. The molecule has 4 amide bonds. The third kappa shape index (κ3) is 9.95. The van der Waals surface area contributed by atoms with Crippen LogP contribution in [0.15, 0.2) is 60.7 Å². The summed E-state index contributed by atoms with van der Waals surface area (Å²) in [5.74, 6) is -3.09. The summed E-state index contributed by atoms with van der Waals surface area (Å²) < 4.78 is 15.3. The van der Waals surface area contributed by atoms with Crippen LogP contribution < -0.4 is 0 Å². The summed E-state index contributed by atoms with van der Waals surface area (Å²) in [6.07, 6.45) is 2.56. The van der Waals surface area contributed by atoms with Gasteiger partial charge < -0.3 is 33.8 Å². The predicted molar refractivity (Wildman–Crippen MR) is 185 cm³/mol. The number of amides is 4. The smallest absolute Gasteiger partial charge is 0.410 e. The molecule has 0 bridgehead atoms. The van der Waals surface area contributed by atoms with Gasteiger partial charge in [-0.3, -0.25) is 24.0 Å². The largest absolute Gasteiger partial charge is 0.468 e. The molecule has 4 aliphatic heterocycles. The number of methoxy groups -OCH3 is 1. The number of carbonyl (C=O) groups excluding carboxylic acids is 7. The van der Waals surface area contributed by atoms with Gasteiger partial charge in [-0.15, -0.1) is 0 Å². The number of likely N-dealkylation sites (tertiary alicyclic amines) is 4. The van der Waals surface area contributed by atoms with E-state index in [1.807, 2.05) is 65.6 Å². The molecule has 0 N–H and O–H groups in total. The zero-order valence-corrected chi connectivity index (χ0v) is 29.5. The number of nitrogens with zero attached hydrogens (tertiary/aromatic N) is 4. The fourth-order valence-corrected chi connectivity index (χ4v) is 6.96. The Kier molecular flexibility index (Phi) is 13.4. The molecule has 2 aromatic rings. The molecular weight excluding hydrogens is 672 g/mol. The molecule has 1 unspecified atom stereocenters. The van der Waals surface area contributed by atoms with Crippen molar-refractivity contribution in [3.8, 4) is 0 Å². The zero-order valence-electron chi connectivity index (χ0n) is 29.5. The molecular formula is C38H46N4O10. The molecule has 6 rings (SSSR count). The lowest BCUT2D eigenvalue weighted by Crippen LogP contribution is -2.56. The molecule has 0 aromatic heterocycles. The molecule has 14 heteroatoms. The van der Waals surface area contributed by atoms with Crippen LogP contribution in [-0.2, 0) is 51.4 Å². The molecule has 0 aliphatic carbocycles. The maximum absolute atomic E-state index is 12.6. The third-order valence-corrected chi connectivity index (χ3v) is 9.93. The van der Waals surface area contributed by atoms with Gasteiger partial charge in [-0.05, 0) is 36.8 Å². The molecule has 278 valence electrons. The molecule has 4 saturated heterocycles. The first-order valence-corrected chi connectivity index (χ1v) is 17.8. The molecule has 4 heterocycles. The normalized spacial score (nSPS) is 20.2. The molecule has 2 aromatic carbocycles. The highest BCUT2D eigenvalue weighted by atomic mass is 16.6. The third-order valence-electron chi connectivity index (χ3n) is 9.93. The summed E-state index contributed by atoms with van der Waals surface area (Å²) in [5, 5.41) is 0. The summed E-state index contributed by atoms with van der Waals surface area (Å²) in [4.78, 5) is 90.8. The fourth-order valence-electron chi connectivity index (χ4n) is 6.96. The van der Waals surface area contributed by atoms with Crippen LogP contribution in [-0.4, -0.2) is 120 Å². The Morgan fingerprint density at radius 3 is 1.56 bits per heavy atom. The second kappa shape index (κ2) is 18.3. The number of ether oxygens (including phenoxy) is 3. The Morgan fingerprint density at radius 1 is 0.635 bits per heavy atom. The monoisotopic (exact) mass is 718 g/mol. The van der Waals surface area contributed by atoms with Crippen LogP contribution in [0.5, 0.6) is 0 Å². The van der Waals surface area contributed by atoms with Crippen molar-refractivity contribution in [3.63, 3.8) is 0 Å². The highest BCUT2D eigenvalue weighted by Crippen LogP contribution is 2.25. The number of Topliss-reactive ketones (excluding diaryl/α,β-unsaturated/α-hetero) is 2. The van der Waals surface area contributed by atoms with Crippen LogP contribution in [0.2, 0.25) is 0 Å². The standard InChI is InChI=1S/C20H24N2O6.C18H22N2O4/c1-27-19(25)17-16(23)9-12-22(18(17)24)15-7-10-21(11-8-15)20(26)28-13-14-5-3-2-4-6-14;21-16-8-11-20(17(22)12-16)15-6-9-19(10-7-15)18(23)24-13-14-4-2-1-3-5-14/h2-6,15,17H,7-13H2,1H3;1-5,15H,6-13H2. The molecule has 0 radical (unpaired) electrons. The second-order valence-corrected chi connectivity index (χ2v) is 13.3. The van der Waals surface area contributed by atoms with Crippen LogP contribution >= 0.6 is 0 Å². The molecule has 4 fully saturated rings. The lowest BCUT2D eigenvalue weighted by Gasteiger charge is -2.40. The van der Waals surface area contributed by atoms with Crippen LogP contribution in [0.25, 0.3) is 0 Å². The van der Waals surface area contributed by atoms with Gasteiger partial charge in [0.05, 0.1) is 13.5 Å². The van der Waals surface area contributed by atoms with E-state index >= 15 is 0 Å². The van der Waals surface area contributed by atoms with Crippen molar-refractivity contribution in [3.05, 3.63) is 71.8 Å². The number of piperidine rings is 4. The Labute approximate surface area is 302 Å². The van der Waals surface area contributed by atoms with E-state index in [9.17, 15) is 33.6 Å². The van der Waals surface area contributed by atoms with Crippen molar-refractivity contribution in [1.29, 1.82) is 0 Å². The SMILES string of the molecule is COC(=O)C1C(=O)CCN(C2CCN(C(=O)OCc3ccccc3)CC2)C1=O.O=C1CCN(C2CCN(C(=O)OCc3ccccc3)CC2)C(=O)C1. The molecule has 14 nitrogen and oxygen atoms in total. The fraction of sp³-hybridized carbons (Fsp3) is 0.500. The molecule has 0 saturated carbocycles. The van der Waals surface area contributed by atoms with Crippen LogP contribution in [0, 0.1) is 5.92 Å². The lowest BCUT2D eigenvalue weighted by atomic mass is 9.92. The van der Waals surface area contributed by atoms with Gasteiger partial charge in [0.1, 0.15) is 19.0 Å². The number of ketones is 2. The van der Waals surface area contributed by atoms with Crippen molar-refractivity contribution in [2.24, 2.45) is 5.92 Å². The number of hydrogen-bond acceptors (Lipinski definition) is 10. The first-order chi connectivity index (χ1) is 25.1. The van der Waals surface area contributed by atoms with Crippen molar-refractivity contribution >= 4 is 41.5 Å². The Hall–Kier alpha value is -5.27. The van der Waals surface area contributed by atoms with Crippen molar-refractivity contribution in [2.45, 2.75) is 70.2 Å². The Morgan fingerprint density at radius 2 is 1.10 bits per heavy atom. The highest BCUT2D eigenvalue weighted by Gasteiger charge is 2.44. The average molecular weight is 719 g/mol. The summed E-state index contributed by atoms with van der Waals surface area (Å²) in [7, 11) is 1.17. The van der Waals surface area contributed by atoms with E-state index in [1.165, 1.54) is 7.11 Å². The maximum atomic E-state index is 12.6. The van der Waals surface area contributed by atoms with Crippen LogP contribution in [0.1, 0.15) is 56.1 Å². The van der Waals surface area contributed by atoms with Crippen LogP contribution in [0.4, 0.5) is 9.59 Å². The zero-order chi connectivity index (χ0) is 37.0.